The molecule has 0 nitrogen and oxygen atoms in total. The van der Waals surface area contributed by atoms with E-state index in [9.17, 15) is 8.78 Å². The predicted molar refractivity (Wildman–Crippen MR) is 45.1 cm³/mol. The molecule has 0 radical (unpaired) electrons. The summed E-state index contributed by atoms with van der Waals surface area (Å²) in [6.07, 6.45) is 0.864. The maximum atomic E-state index is 13.0. The number of hydrogen-bond donors (Lipinski definition) is 0. The topological polar surface area (TPSA) is 0 Å². The van der Waals surface area contributed by atoms with Gasteiger partial charge in [-0.25, -0.2) is 8.78 Å². The van der Waals surface area contributed by atoms with Gasteiger partial charge in [0.05, 0.1) is 0 Å². The Balaban J connectivity index is 3.01. The van der Waals surface area contributed by atoms with Crippen LogP contribution in [0.25, 0.3) is 0 Å². The van der Waals surface area contributed by atoms with E-state index in [-0.39, 0.29) is 5.92 Å². The molecule has 0 aliphatic heterocycles. The summed E-state index contributed by atoms with van der Waals surface area (Å²) in [4.78, 5) is 0. The Bertz CT molecular complexity index is 269. The van der Waals surface area contributed by atoms with E-state index in [1.165, 1.54) is 12.1 Å². The molecule has 1 rings (SSSR count). The van der Waals surface area contributed by atoms with Gasteiger partial charge in [0.2, 0.25) is 0 Å². The number of halogens is 2. The average Bonchev–Trinajstić information content (AvgIpc) is 2.03. The summed E-state index contributed by atoms with van der Waals surface area (Å²) in [5.41, 5.74) is 0.596. The Labute approximate surface area is 71.2 Å². The first-order chi connectivity index (χ1) is 5.65. The van der Waals surface area contributed by atoms with E-state index in [0.29, 0.717) is 5.56 Å². The fraction of sp³-hybridized carbons (Fsp3) is 0.400. The SMILES string of the molecule is CCC(C)c1ccc(F)cc1F. The zero-order valence-corrected chi connectivity index (χ0v) is 7.27. The molecule has 0 aliphatic rings. The van der Waals surface area contributed by atoms with Gasteiger partial charge in [-0.1, -0.05) is 19.9 Å². The van der Waals surface area contributed by atoms with Crippen molar-refractivity contribution in [1.82, 2.24) is 0 Å². The lowest BCUT2D eigenvalue weighted by Gasteiger charge is -2.09. The van der Waals surface area contributed by atoms with Gasteiger partial charge in [-0.2, -0.15) is 0 Å². The zero-order valence-electron chi connectivity index (χ0n) is 7.27. The van der Waals surface area contributed by atoms with Crippen LogP contribution >= 0.6 is 0 Å². The summed E-state index contributed by atoms with van der Waals surface area (Å²) < 4.78 is 25.5. The first-order valence-corrected chi connectivity index (χ1v) is 4.10. The van der Waals surface area contributed by atoms with E-state index in [4.69, 9.17) is 0 Å². The molecule has 0 bridgehead atoms. The quantitative estimate of drug-likeness (QED) is 0.637. The van der Waals surface area contributed by atoms with Gasteiger partial charge >= 0.3 is 0 Å². The van der Waals surface area contributed by atoms with Crippen molar-refractivity contribution in [3.05, 3.63) is 35.4 Å². The third kappa shape index (κ3) is 1.81. The second-order valence-electron chi connectivity index (χ2n) is 2.98. The Morgan fingerprint density at radius 3 is 2.50 bits per heavy atom. The molecule has 66 valence electrons. The molecule has 1 aromatic carbocycles. The number of benzene rings is 1. The van der Waals surface area contributed by atoms with E-state index in [1.54, 1.807) is 0 Å². The van der Waals surface area contributed by atoms with E-state index in [0.717, 1.165) is 12.5 Å². The van der Waals surface area contributed by atoms with Gasteiger partial charge in [-0.05, 0) is 24.0 Å². The predicted octanol–water partition coefficient (Wildman–Crippen LogP) is 3.48. The van der Waals surface area contributed by atoms with Crippen molar-refractivity contribution in [2.45, 2.75) is 26.2 Å². The second kappa shape index (κ2) is 3.65. The van der Waals surface area contributed by atoms with Crippen LogP contribution < -0.4 is 0 Å². The normalized spacial score (nSPS) is 13.0. The van der Waals surface area contributed by atoms with Crippen molar-refractivity contribution < 1.29 is 8.78 Å². The molecular weight excluding hydrogens is 158 g/mol. The van der Waals surface area contributed by atoms with Gasteiger partial charge in [0, 0.05) is 6.07 Å². The van der Waals surface area contributed by atoms with E-state index in [1.807, 2.05) is 13.8 Å². The minimum Gasteiger partial charge on any atom is -0.207 e. The van der Waals surface area contributed by atoms with Gasteiger partial charge in [-0.15, -0.1) is 0 Å². The average molecular weight is 170 g/mol. The monoisotopic (exact) mass is 170 g/mol. The maximum absolute atomic E-state index is 13.0. The third-order valence-electron chi connectivity index (χ3n) is 2.11. The minimum absolute atomic E-state index is 0.158. The van der Waals surface area contributed by atoms with E-state index >= 15 is 0 Å². The Hall–Kier alpha value is -0.920. The molecule has 0 heterocycles. The van der Waals surface area contributed by atoms with Gasteiger partial charge in [0.25, 0.3) is 0 Å². The fourth-order valence-electron chi connectivity index (χ4n) is 1.12. The molecule has 2 heteroatoms. The molecule has 12 heavy (non-hydrogen) atoms. The molecule has 0 N–H and O–H groups in total. The summed E-state index contributed by atoms with van der Waals surface area (Å²) in [7, 11) is 0. The van der Waals surface area contributed by atoms with Gasteiger partial charge < -0.3 is 0 Å². The molecule has 0 aliphatic carbocycles. The Morgan fingerprint density at radius 2 is 2.00 bits per heavy atom. The largest absolute Gasteiger partial charge is 0.207 e. The first kappa shape index (κ1) is 9.17. The standard InChI is InChI=1S/C10H12F2/c1-3-7(2)9-5-4-8(11)6-10(9)12/h4-7H,3H2,1-2H3. The van der Waals surface area contributed by atoms with Gasteiger partial charge in [-0.3, -0.25) is 0 Å². The molecule has 1 unspecified atom stereocenters. The first-order valence-electron chi connectivity index (χ1n) is 4.10. The molecule has 1 aromatic rings. The minimum atomic E-state index is -0.514. The van der Waals surface area contributed by atoms with Crippen LogP contribution in [0.4, 0.5) is 8.78 Å². The van der Waals surface area contributed by atoms with Gasteiger partial charge in [0.1, 0.15) is 11.6 Å². The Morgan fingerprint density at radius 1 is 1.33 bits per heavy atom. The van der Waals surface area contributed by atoms with Crippen LogP contribution in [-0.4, -0.2) is 0 Å². The maximum Gasteiger partial charge on any atom is 0.129 e. The summed E-state index contributed by atoms with van der Waals surface area (Å²) >= 11 is 0. The van der Waals surface area contributed by atoms with Crippen LogP contribution in [0, 0.1) is 11.6 Å². The molecule has 0 saturated heterocycles. The van der Waals surface area contributed by atoms with Crippen LogP contribution in [0.15, 0.2) is 18.2 Å². The summed E-state index contributed by atoms with van der Waals surface area (Å²) in [6, 6.07) is 3.74. The van der Waals surface area contributed by atoms with Crippen molar-refractivity contribution >= 4 is 0 Å². The van der Waals surface area contributed by atoms with Gasteiger partial charge in [0.15, 0.2) is 0 Å². The summed E-state index contributed by atoms with van der Waals surface area (Å²) in [6.45, 7) is 3.91. The highest BCUT2D eigenvalue weighted by molar-refractivity contribution is 5.21. The fourth-order valence-corrected chi connectivity index (χ4v) is 1.12. The van der Waals surface area contributed by atoms with Crippen molar-refractivity contribution in [1.29, 1.82) is 0 Å². The number of rotatable bonds is 2. The Kier molecular flexibility index (Phi) is 2.79. The van der Waals surface area contributed by atoms with Crippen LogP contribution in [0.2, 0.25) is 0 Å². The highest BCUT2D eigenvalue weighted by Gasteiger charge is 2.08. The molecule has 0 amide bonds. The zero-order chi connectivity index (χ0) is 9.14. The third-order valence-corrected chi connectivity index (χ3v) is 2.11. The summed E-state index contributed by atoms with van der Waals surface area (Å²) in [5, 5.41) is 0. The molecule has 0 spiro atoms. The van der Waals surface area contributed by atoms with Crippen molar-refractivity contribution in [2.75, 3.05) is 0 Å². The molecule has 0 aromatic heterocycles. The van der Waals surface area contributed by atoms with E-state index in [2.05, 4.69) is 0 Å². The van der Waals surface area contributed by atoms with Crippen molar-refractivity contribution in [2.24, 2.45) is 0 Å². The highest BCUT2D eigenvalue weighted by atomic mass is 19.1. The van der Waals surface area contributed by atoms with E-state index < -0.39 is 11.6 Å². The van der Waals surface area contributed by atoms with Crippen molar-refractivity contribution in [3.8, 4) is 0 Å². The lowest BCUT2D eigenvalue weighted by molar-refractivity contribution is 0.556. The lowest BCUT2D eigenvalue weighted by atomic mass is 9.98. The molecule has 0 saturated carbocycles. The van der Waals surface area contributed by atoms with Crippen molar-refractivity contribution in [3.63, 3.8) is 0 Å². The summed E-state index contributed by atoms with van der Waals surface area (Å²) in [5.74, 6) is -0.797. The molecule has 0 fully saturated rings. The van der Waals surface area contributed by atoms with Crippen LogP contribution in [0.3, 0.4) is 0 Å². The van der Waals surface area contributed by atoms with Crippen LogP contribution in [0.1, 0.15) is 31.7 Å². The lowest BCUT2D eigenvalue weighted by Crippen LogP contribution is -1.96. The smallest absolute Gasteiger partial charge is 0.129 e. The molecular formula is C10H12F2. The van der Waals surface area contributed by atoms with Crippen LogP contribution in [-0.2, 0) is 0 Å². The second-order valence-corrected chi connectivity index (χ2v) is 2.98. The highest BCUT2D eigenvalue weighted by Crippen LogP contribution is 2.21. The number of hydrogen-bond acceptors (Lipinski definition) is 0. The van der Waals surface area contributed by atoms with Crippen LogP contribution in [0.5, 0.6) is 0 Å². The molecule has 1 atom stereocenters.